The normalized spacial score (nSPS) is 31.5. The van der Waals surface area contributed by atoms with Crippen molar-refractivity contribution in [3.8, 4) is 5.75 Å². The van der Waals surface area contributed by atoms with Crippen LogP contribution in [-0.2, 0) is 4.74 Å². The average Bonchev–Trinajstić information content (AvgIpc) is 2.87. The summed E-state index contributed by atoms with van der Waals surface area (Å²) in [5.74, 6) is 1.41. The van der Waals surface area contributed by atoms with Gasteiger partial charge in [0.15, 0.2) is 11.6 Å². The van der Waals surface area contributed by atoms with Gasteiger partial charge in [0.25, 0.3) is 0 Å². The highest BCUT2D eigenvalue weighted by Crippen LogP contribution is 2.41. The molecule has 0 spiro atoms. The zero-order chi connectivity index (χ0) is 25.2. The number of halogens is 5. The Morgan fingerprint density at radius 3 is 1.97 bits per heavy atom. The van der Waals surface area contributed by atoms with Crippen molar-refractivity contribution in [3.05, 3.63) is 29.6 Å². The SMILES string of the molecule is COC1CCC(C2CCC(CCF)CC2)CC1.Fc1cc(C2CCC(F)CC2)ccc1OC(F)F. The van der Waals surface area contributed by atoms with Gasteiger partial charge in [-0.1, -0.05) is 18.9 Å². The van der Waals surface area contributed by atoms with Gasteiger partial charge >= 0.3 is 6.61 Å². The largest absolute Gasteiger partial charge is 0.432 e. The summed E-state index contributed by atoms with van der Waals surface area (Å²) in [6, 6.07) is 3.99. The Morgan fingerprint density at radius 1 is 0.857 bits per heavy atom. The summed E-state index contributed by atoms with van der Waals surface area (Å²) < 4.78 is 72.2. The molecule has 0 bridgehead atoms. The molecular weight excluding hydrogens is 463 g/mol. The third-order valence-corrected chi connectivity index (χ3v) is 8.43. The van der Waals surface area contributed by atoms with Crippen LogP contribution in [0.25, 0.3) is 0 Å². The maximum absolute atomic E-state index is 13.5. The second-order valence-electron chi connectivity index (χ2n) is 10.5. The van der Waals surface area contributed by atoms with Gasteiger partial charge in [-0.15, -0.1) is 0 Å². The van der Waals surface area contributed by atoms with E-state index in [0.717, 1.165) is 23.8 Å². The molecule has 0 saturated heterocycles. The first kappa shape index (κ1) is 28.2. The van der Waals surface area contributed by atoms with Crippen molar-refractivity contribution >= 4 is 0 Å². The molecule has 3 aliphatic carbocycles. The maximum atomic E-state index is 13.5. The molecule has 200 valence electrons. The van der Waals surface area contributed by atoms with E-state index in [1.54, 1.807) is 6.07 Å². The van der Waals surface area contributed by atoms with E-state index in [0.29, 0.717) is 37.7 Å². The van der Waals surface area contributed by atoms with Gasteiger partial charge in [0.05, 0.1) is 12.8 Å². The number of benzene rings is 1. The lowest BCUT2D eigenvalue weighted by atomic mass is 9.70. The molecule has 0 N–H and O–H groups in total. The molecule has 35 heavy (non-hydrogen) atoms. The van der Waals surface area contributed by atoms with Gasteiger partial charge in [-0.2, -0.15) is 8.78 Å². The molecule has 0 atom stereocenters. The summed E-state index contributed by atoms with van der Waals surface area (Å²) in [6.07, 6.45) is 13.3. The van der Waals surface area contributed by atoms with Gasteiger partial charge in [0, 0.05) is 7.11 Å². The molecule has 4 rings (SSSR count). The van der Waals surface area contributed by atoms with E-state index in [1.165, 1.54) is 63.5 Å². The standard InChI is InChI=1S/C15H27FO.C13H14F4O/c1-17-15-8-6-14(7-9-15)13-4-2-12(3-5-13)10-11-16;14-10-4-1-8(2-5-10)9-3-6-12(11(15)7-9)18-13(16)17/h12-15H,2-11H2,1H3;3,6-8,10,13H,1-2,4-5H2. The van der Waals surface area contributed by atoms with Crippen molar-refractivity contribution in [2.75, 3.05) is 13.8 Å². The van der Waals surface area contributed by atoms with Crippen LogP contribution in [0.15, 0.2) is 18.2 Å². The van der Waals surface area contributed by atoms with Crippen LogP contribution in [0.5, 0.6) is 5.75 Å². The van der Waals surface area contributed by atoms with Crippen LogP contribution < -0.4 is 4.74 Å². The van der Waals surface area contributed by atoms with Crippen molar-refractivity contribution < 1.29 is 31.4 Å². The molecule has 0 aliphatic heterocycles. The van der Waals surface area contributed by atoms with Gasteiger partial charge < -0.3 is 9.47 Å². The molecule has 0 heterocycles. The van der Waals surface area contributed by atoms with E-state index in [2.05, 4.69) is 4.74 Å². The minimum atomic E-state index is -3.03. The molecule has 0 amide bonds. The van der Waals surface area contributed by atoms with Crippen LogP contribution in [0.1, 0.15) is 95.0 Å². The van der Waals surface area contributed by atoms with E-state index in [4.69, 9.17) is 4.74 Å². The minimum Gasteiger partial charge on any atom is -0.432 e. The van der Waals surface area contributed by atoms with E-state index >= 15 is 0 Å². The first-order valence-corrected chi connectivity index (χ1v) is 13.4. The van der Waals surface area contributed by atoms with Crippen molar-refractivity contribution in [2.24, 2.45) is 17.8 Å². The fourth-order valence-corrected chi connectivity index (χ4v) is 6.25. The Morgan fingerprint density at radius 2 is 1.46 bits per heavy atom. The number of hydrogen-bond acceptors (Lipinski definition) is 2. The Kier molecular flexibility index (Phi) is 11.6. The molecule has 1 aromatic carbocycles. The van der Waals surface area contributed by atoms with Crippen LogP contribution in [-0.4, -0.2) is 32.7 Å². The number of ether oxygens (including phenoxy) is 2. The second kappa shape index (κ2) is 14.4. The summed E-state index contributed by atoms with van der Waals surface area (Å²) in [6.45, 7) is -3.15. The lowest BCUT2D eigenvalue weighted by Crippen LogP contribution is -2.28. The molecule has 0 radical (unpaired) electrons. The Bertz CT molecular complexity index is 722. The second-order valence-corrected chi connectivity index (χ2v) is 10.5. The topological polar surface area (TPSA) is 18.5 Å². The van der Waals surface area contributed by atoms with Crippen LogP contribution in [0, 0.1) is 23.6 Å². The lowest BCUT2D eigenvalue weighted by molar-refractivity contribution is -0.0522. The first-order chi connectivity index (χ1) is 16.9. The molecular formula is C28H41F5O2. The summed E-state index contributed by atoms with van der Waals surface area (Å²) in [5.41, 5.74) is 0.723. The molecule has 3 saturated carbocycles. The van der Waals surface area contributed by atoms with Crippen LogP contribution in [0.3, 0.4) is 0 Å². The van der Waals surface area contributed by atoms with Gasteiger partial charge in [-0.25, -0.2) is 8.78 Å². The van der Waals surface area contributed by atoms with Crippen LogP contribution in [0.2, 0.25) is 0 Å². The maximum Gasteiger partial charge on any atom is 0.387 e. The predicted molar refractivity (Wildman–Crippen MR) is 128 cm³/mol. The van der Waals surface area contributed by atoms with Gasteiger partial charge in [0.2, 0.25) is 0 Å². The summed E-state index contributed by atoms with van der Waals surface area (Å²) in [4.78, 5) is 0. The summed E-state index contributed by atoms with van der Waals surface area (Å²) in [5, 5.41) is 0. The van der Waals surface area contributed by atoms with Crippen molar-refractivity contribution in [3.63, 3.8) is 0 Å². The quantitative estimate of drug-likeness (QED) is 0.346. The number of methoxy groups -OCH3 is 1. The average molecular weight is 505 g/mol. The van der Waals surface area contributed by atoms with Gasteiger partial charge in [-0.05, 0) is 112 Å². The minimum absolute atomic E-state index is 0.104. The first-order valence-electron chi connectivity index (χ1n) is 13.4. The molecule has 0 aromatic heterocycles. The Labute approximate surface area is 207 Å². The van der Waals surface area contributed by atoms with E-state index in [-0.39, 0.29) is 12.6 Å². The Balaban J connectivity index is 0.000000196. The highest BCUT2D eigenvalue weighted by Gasteiger charge is 2.30. The molecule has 3 fully saturated rings. The zero-order valence-corrected chi connectivity index (χ0v) is 20.9. The van der Waals surface area contributed by atoms with Crippen molar-refractivity contribution in [2.45, 2.75) is 108 Å². The summed E-state index contributed by atoms with van der Waals surface area (Å²) in [7, 11) is 1.84. The zero-order valence-electron chi connectivity index (χ0n) is 20.9. The number of alkyl halides is 4. The third kappa shape index (κ3) is 8.91. The highest BCUT2D eigenvalue weighted by molar-refractivity contribution is 5.31. The summed E-state index contributed by atoms with van der Waals surface area (Å²) >= 11 is 0. The fraction of sp³-hybridized carbons (Fsp3) is 0.786. The Hall–Kier alpha value is -1.37. The molecule has 2 nitrogen and oxygen atoms in total. The van der Waals surface area contributed by atoms with Gasteiger partial charge in [0.1, 0.15) is 6.17 Å². The smallest absolute Gasteiger partial charge is 0.387 e. The number of rotatable bonds is 7. The van der Waals surface area contributed by atoms with Crippen LogP contribution in [0.4, 0.5) is 22.0 Å². The molecule has 3 aliphatic rings. The van der Waals surface area contributed by atoms with Crippen molar-refractivity contribution in [1.82, 2.24) is 0 Å². The molecule has 1 aromatic rings. The molecule has 0 unspecified atom stereocenters. The van der Waals surface area contributed by atoms with E-state index in [1.807, 2.05) is 7.11 Å². The number of hydrogen-bond donors (Lipinski definition) is 0. The molecule has 7 heteroatoms. The predicted octanol–water partition coefficient (Wildman–Crippen LogP) is 8.78. The van der Waals surface area contributed by atoms with Crippen molar-refractivity contribution in [1.29, 1.82) is 0 Å². The van der Waals surface area contributed by atoms with Crippen LogP contribution >= 0.6 is 0 Å². The lowest BCUT2D eigenvalue weighted by Gasteiger charge is -2.37. The van der Waals surface area contributed by atoms with Gasteiger partial charge in [-0.3, -0.25) is 4.39 Å². The fourth-order valence-electron chi connectivity index (χ4n) is 6.25. The third-order valence-electron chi connectivity index (χ3n) is 8.43. The van der Waals surface area contributed by atoms with E-state index < -0.39 is 24.3 Å². The highest BCUT2D eigenvalue weighted by atomic mass is 19.3. The monoisotopic (exact) mass is 504 g/mol. The van der Waals surface area contributed by atoms with E-state index in [9.17, 15) is 22.0 Å².